The number of hydrogen-bond donors (Lipinski definition) is 1. The van der Waals surface area contributed by atoms with Crippen molar-refractivity contribution in [2.45, 2.75) is 19.9 Å². The highest BCUT2D eigenvalue weighted by Crippen LogP contribution is 2.24. The summed E-state index contributed by atoms with van der Waals surface area (Å²) < 4.78 is 6.19. The second-order valence-electron chi connectivity index (χ2n) is 3.53. The van der Waals surface area contributed by atoms with Crippen molar-refractivity contribution in [2.24, 2.45) is 5.73 Å². The van der Waals surface area contributed by atoms with Crippen LogP contribution in [0.25, 0.3) is 0 Å². The summed E-state index contributed by atoms with van der Waals surface area (Å²) in [4.78, 5) is 0. The van der Waals surface area contributed by atoms with Crippen molar-refractivity contribution in [1.29, 1.82) is 0 Å². The zero-order valence-electron chi connectivity index (χ0n) is 8.80. The topological polar surface area (TPSA) is 35.2 Å². The van der Waals surface area contributed by atoms with Gasteiger partial charge in [-0.15, -0.1) is 0 Å². The van der Waals surface area contributed by atoms with Crippen LogP contribution in [0, 0.1) is 13.8 Å². The average molecular weight is 258 g/mol. The molecule has 0 saturated carbocycles. The molecule has 2 N–H and O–H groups in total. The highest BCUT2D eigenvalue weighted by Gasteiger charge is 2.08. The van der Waals surface area contributed by atoms with Gasteiger partial charge in [-0.1, -0.05) is 28.1 Å². The van der Waals surface area contributed by atoms with E-state index >= 15 is 0 Å². The summed E-state index contributed by atoms with van der Waals surface area (Å²) in [6.45, 7) is 4.70. The molecule has 1 atom stereocenters. The normalized spacial score (nSPS) is 12.9. The van der Waals surface area contributed by atoms with Gasteiger partial charge in [-0.3, -0.25) is 0 Å². The molecular weight excluding hydrogens is 242 g/mol. The fourth-order valence-corrected chi connectivity index (χ4v) is 1.70. The molecule has 0 spiro atoms. The molecule has 3 heteroatoms. The lowest BCUT2D eigenvalue weighted by atomic mass is 10.0. The number of aryl methyl sites for hydroxylation is 2. The molecule has 14 heavy (non-hydrogen) atoms. The van der Waals surface area contributed by atoms with E-state index in [1.54, 1.807) is 7.11 Å². The molecule has 0 saturated heterocycles. The maximum Gasteiger partial charge on any atom is 0.0655 e. The van der Waals surface area contributed by atoms with Gasteiger partial charge in [0.05, 0.1) is 12.6 Å². The van der Waals surface area contributed by atoms with E-state index in [-0.39, 0.29) is 6.04 Å². The Morgan fingerprint density at radius 1 is 1.36 bits per heavy atom. The first-order valence-corrected chi connectivity index (χ1v) is 5.36. The quantitative estimate of drug-likeness (QED) is 0.904. The molecule has 1 aromatic rings. The lowest BCUT2D eigenvalue weighted by Crippen LogP contribution is -2.16. The highest BCUT2D eigenvalue weighted by molar-refractivity contribution is 9.10. The van der Waals surface area contributed by atoms with Crippen molar-refractivity contribution in [3.8, 4) is 0 Å². The van der Waals surface area contributed by atoms with Crippen LogP contribution in [-0.4, -0.2) is 13.7 Å². The Kier molecular flexibility index (Phi) is 4.11. The molecule has 0 radical (unpaired) electrons. The summed E-state index contributed by atoms with van der Waals surface area (Å²) in [5, 5.41) is 0. The zero-order chi connectivity index (χ0) is 10.7. The zero-order valence-corrected chi connectivity index (χ0v) is 10.4. The van der Waals surface area contributed by atoms with Crippen molar-refractivity contribution < 1.29 is 4.74 Å². The van der Waals surface area contributed by atoms with E-state index < -0.39 is 0 Å². The molecule has 1 unspecified atom stereocenters. The van der Waals surface area contributed by atoms with Gasteiger partial charge in [0.2, 0.25) is 0 Å². The SMILES string of the molecule is COCC(N)c1cc(C)c(Br)c(C)c1. The second-order valence-corrected chi connectivity index (χ2v) is 4.32. The molecule has 0 aliphatic carbocycles. The lowest BCUT2D eigenvalue weighted by molar-refractivity contribution is 0.181. The van der Waals surface area contributed by atoms with Crippen LogP contribution in [0.5, 0.6) is 0 Å². The van der Waals surface area contributed by atoms with E-state index in [1.165, 1.54) is 11.1 Å². The minimum Gasteiger partial charge on any atom is -0.383 e. The molecule has 2 nitrogen and oxygen atoms in total. The largest absolute Gasteiger partial charge is 0.383 e. The van der Waals surface area contributed by atoms with E-state index in [2.05, 4.69) is 41.9 Å². The summed E-state index contributed by atoms with van der Waals surface area (Å²) in [5.41, 5.74) is 9.51. The van der Waals surface area contributed by atoms with Crippen LogP contribution in [0.4, 0.5) is 0 Å². The molecule has 0 fully saturated rings. The Hall–Kier alpha value is -0.380. The molecule has 0 bridgehead atoms. The van der Waals surface area contributed by atoms with Crippen molar-refractivity contribution in [1.82, 2.24) is 0 Å². The van der Waals surface area contributed by atoms with Crippen LogP contribution in [0.3, 0.4) is 0 Å². The third-order valence-corrected chi connectivity index (χ3v) is 3.48. The Balaban J connectivity index is 3.00. The number of benzene rings is 1. The number of ether oxygens (including phenoxy) is 1. The fraction of sp³-hybridized carbons (Fsp3) is 0.455. The van der Waals surface area contributed by atoms with Crippen molar-refractivity contribution in [3.05, 3.63) is 33.3 Å². The minimum absolute atomic E-state index is 0.0366. The first-order chi connectivity index (χ1) is 6.56. The maximum atomic E-state index is 5.95. The highest BCUT2D eigenvalue weighted by atomic mass is 79.9. The van der Waals surface area contributed by atoms with Crippen LogP contribution in [0.2, 0.25) is 0 Å². The summed E-state index contributed by atoms with van der Waals surface area (Å²) in [6, 6.07) is 4.16. The van der Waals surface area contributed by atoms with Crippen molar-refractivity contribution in [2.75, 3.05) is 13.7 Å². The van der Waals surface area contributed by atoms with Gasteiger partial charge in [-0.25, -0.2) is 0 Å². The molecule has 0 heterocycles. The minimum atomic E-state index is -0.0366. The van der Waals surface area contributed by atoms with Crippen LogP contribution < -0.4 is 5.73 Å². The van der Waals surface area contributed by atoms with E-state index in [4.69, 9.17) is 10.5 Å². The van der Waals surface area contributed by atoms with Gasteiger partial charge in [-0.05, 0) is 30.5 Å². The molecular formula is C11H16BrNO. The number of halogens is 1. The Morgan fingerprint density at radius 2 is 1.86 bits per heavy atom. The summed E-state index contributed by atoms with van der Waals surface area (Å²) in [5.74, 6) is 0. The van der Waals surface area contributed by atoms with Gasteiger partial charge >= 0.3 is 0 Å². The van der Waals surface area contributed by atoms with Crippen LogP contribution in [0.15, 0.2) is 16.6 Å². The van der Waals surface area contributed by atoms with Gasteiger partial charge in [0, 0.05) is 11.6 Å². The van der Waals surface area contributed by atoms with Crippen molar-refractivity contribution in [3.63, 3.8) is 0 Å². The number of rotatable bonds is 3. The summed E-state index contributed by atoms with van der Waals surface area (Å²) in [7, 11) is 1.67. The summed E-state index contributed by atoms with van der Waals surface area (Å²) in [6.07, 6.45) is 0. The van der Waals surface area contributed by atoms with Crippen molar-refractivity contribution >= 4 is 15.9 Å². The number of methoxy groups -OCH3 is 1. The first-order valence-electron chi connectivity index (χ1n) is 4.57. The van der Waals surface area contributed by atoms with Gasteiger partial charge in [0.1, 0.15) is 0 Å². The Morgan fingerprint density at radius 3 is 2.29 bits per heavy atom. The van der Waals surface area contributed by atoms with Gasteiger partial charge < -0.3 is 10.5 Å². The smallest absolute Gasteiger partial charge is 0.0655 e. The van der Waals surface area contributed by atoms with Gasteiger partial charge in [0.15, 0.2) is 0 Å². The van der Waals surface area contributed by atoms with Gasteiger partial charge in [0.25, 0.3) is 0 Å². The molecule has 1 rings (SSSR count). The standard InChI is InChI=1S/C11H16BrNO/c1-7-4-9(10(13)6-14-3)5-8(2)11(7)12/h4-5,10H,6,13H2,1-3H3. The molecule has 0 aliphatic rings. The second kappa shape index (κ2) is 4.91. The van der Waals surface area contributed by atoms with E-state index in [1.807, 2.05) is 0 Å². The lowest BCUT2D eigenvalue weighted by Gasteiger charge is -2.13. The average Bonchev–Trinajstić information content (AvgIpc) is 2.13. The molecule has 1 aromatic carbocycles. The molecule has 0 aliphatic heterocycles. The Bertz CT molecular complexity index is 302. The van der Waals surface area contributed by atoms with E-state index in [0.29, 0.717) is 6.61 Å². The predicted octanol–water partition coefficient (Wildman–Crippen LogP) is 2.71. The van der Waals surface area contributed by atoms with E-state index in [0.717, 1.165) is 10.0 Å². The van der Waals surface area contributed by atoms with Crippen LogP contribution >= 0.6 is 15.9 Å². The van der Waals surface area contributed by atoms with Crippen LogP contribution in [-0.2, 0) is 4.74 Å². The molecule has 0 amide bonds. The number of nitrogens with two attached hydrogens (primary N) is 1. The predicted molar refractivity (Wildman–Crippen MR) is 62.4 cm³/mol. The molecule has 78 valence electrons. The molecule has 0 aromatic heterocycles. The third-order valence-electron chi connectivity index (χ3n) is 2.23. The fourth-order valence-electron chi connectivity index (χ4n) is 1.47. The first kappa shape index (κ1) is 11.7. The van der Waals surface area contributed by atoms with Gasteiger partial charge in [-0.2, -0.15) is 0 Å². The van der Waals surface area contributed by atoms with E-state index in [9.17, 15) is 0 Å². The maximum absolute atomic E-state index is 5.95. The monoisotopic (exact) mass is 257 g/mol. The number of hydrogen-bond acceptors (Lipinski definition) is 2. The third kappa shape index (κ3) is 2.56. The Labute approximate surface area is 93.6 Å². The summed E-state index contributed by atoms with van der Waals surface area (Å²) >= 11 is 3.53. The van der Waals surface area contributed by atoms with Crippen LogP contribution in [0.1, 0.15) is 22.7 Å².